The maximum atomic E-state index is 13.1. The maximum Gasteiger partial charge on any atom is 0.343 e. The third-order valence-electron chi connectivity index (χ3n) is 2.50. The second-order valence-corrected chi connectivity index (χ2v) is 3.86. The molecule has 1 N–H and O–H groups in total. The van der Waals surface area contributed by atoms with Crippen LogP contribution in [0.2, 0.25) is 0 Å². The molecule has 0 saturated carbocycles. The van der Waals surface area contributed by atoms with E-state index in [1.807, 2.05) is 6.92 Å². The molecule has 2 rings (SSSR count). The highest BCUT2D eigenvalue weighted by Gasteiger charge is 2.14. The van der Waals surface area contributed by atoms with Crippen molar-refractivity contribution in [3.63, 3.8) is 0 Å². The number of carbonyl (C=O) groups is 1. The fourth-order valence-corrected chi connectivity index (χ4v) is 1.61. The summed E-state index contributed by atoms with van der Waals surface area (Å²) in [7, 11) is 0. The van der Waals surface area contributed by atoms with Crippen LogP contribution in [0.3, 0.4) is 0 Å². The van der Waals surface area contributed by atoms with Crippen LogP contribution in [0.1, 0.15) is 23.7 Å². The minimum atomic E-state index is -0.690. The van der Waals surface area contributed by atoms with Crippen LogP contribution >= 0.6 is 0 Å². The van der Waals surface area contributed by atoms with E-state index in [-0.39, 0.29) is 17.6 Å². The van der Waals surface area contributed by atoms with Gasteiger partial charge in [0.15, 0.2) is 0 Å². The zero-order chi connectivity index (χ0) is 13.1. The Morgan fingerprint density at radius 1 is 1.44 bits per heavy atom. The van der Waals surface area contributed by atoms with Crippen LogP contribution in [0, 0.1) is 5.82 Å². The van der Waals surface area contributed by atoms with E-state index in [1.54, 1.807) is 0 Å². The van der Waals surface area contributed by atoms with Crippen molar-refractivity contribution < 1.29 is 13.9 Å². The first-order valence-corrected chi connectivity index (χ1v) is 5.61. The molecule has 0 aliphatic carbocycles. The summed E-state index contributed by atoms with van der Waals surface area (Å²) in [5, 5.41) is 0.140. The molecule has 0 unspecified atom stereocenters. The third kappa shape index (κ3) is 2.25. The number of aromatic amines is 1. The van der Waals surface area contributed by atoms with Crippen LogP contribution < -0.4 is 5.43 Å². The highest BCUT2D eigenvalue weighted by molar-refractivity contribution is 5.93. The molecular formula is C13H12FNO3. The van der Waals surface area contributed by atoms with Gasteiger partial charge in [-0.3, -0.25) is 4.79 Å². The monoisotopic (exact) mass is 249 g/mol. The number of benzene rings is 1. The van der Waals surface area contributed by atoms with Crippen molar-refractivity contribution >= 4 is 16.9 Å². The molecule has 0 radical (unpaired) electrons. The first kappa shape index (κ1) is 12.3. The van der Waals surface area contributed by atoms with Gasteiger partial charge in [-0.15, -0.1) is 0 Å². The first-order chi connectivity index (χ1) is 8.63. The molecule has 0 amide bonds. The second-order valence-electron chi connectivity index (χ2n) is 3.86. The minimum Gasteiger partial charge on any atom is -0.462 e. The van der Waals surface area contributed by atoms with Gasteiger partial charge in [0.2, 0.25) is 5.43 Å². The zero-order valence-electron chi connectivity index (χ0n) is 9.83. The van der Waals surface area contributed by atoms with Gasteiger partial charge in [-0.2, -0.15) is 0 Å². The van der Waals surface area contributed by atoms with Crippen LogP contribution in [-0.2, 0) is 4.74 Å². The van der Waals surface area contributed by atoms with E-state index in [0.29, 0.717) is 11.9 Å². The summed E-state index contributed by atoms with van der Waals surface area (Å²) >= 11 is 0. The highest BCUT2D eigenvalue weighted by atomic mass is 19.1. The summed E-state index contributed by atoms with van der Waals surface area (Å²) in [4.78, 5) is 26.4. The lowest BCUT2D eigenvalue weighted by Gasteiger charge is -2.04. The van der Waals surface area contributed by atoms with Crippen LogP contribution in [0.4, 0.5) is 4.39 Å². The number of hydrogen-bond donors (Lipinski definition) is 1. The van der Waals surface area contributed by atoms with Crippen molar-refractivity contribution in [1.29, 1.82) is 0 Å². The number of H-pyrrole nitrogens is 1. The molecule has 94 valence electrons. The number of hydrogen-bond acceptors (Lipinski definition) is 3. The normalized spacial score (nSPS) is 10.6. The average molecular weight is 249 g/mol. The van der Waals surface area contributed by atoms with E-state index >= 15 is 0 Å². The Balaban J connectivity index is 2.50. The lowest BCUT2D eigenvalue weighted by molar-refractivity contribution is 0.0503. The molecule has 0 atom stereocenters. The number of esters is 1. The Morgan fingerprint density at radius 3 is 2.94 bits per heavy atom. The van der Waals surface area contributed by atoms with Gasteiger partial charge in [-0.25, -0.2) is 9.18 Å². The molecule has 1 aromatic carbocycles. The van der Waals surface area contributed by atoms with Gasteiger partial charge < -0.3 is 9.72 Å². The molecule has 0 spiro atoms. The first-order valence-electron chi connectivity index (χ1n) is 5.61. The van der Waals surface area contributed by atoms with E-state index in [4.69, 9.17) is 4.74 Å². The van der Waals surface area contributed by atoms with E-state index in [0.717, 1.165) is 6.07 Å². The van der Waals surface area contributed by atoms with Crippen LogP contribution in [-0.4, -0.2) is 17.6 Å². The number of pyridine rings is 1. The molecule has 0 bridgehead atoms. The van der Waals surface area contributed by atoms with Crippen molar-refractivity contribution in [2.75, 3.05) is 6.61 Å². The van der Waals surface area contributed by atoms with Crippen molar-refractivity contribution in [1.82, 2.24) is 4.98 Å². The Hall–Kier alpha value is -2.17. The number of carbonyl (C=O) groups excluding carboxylic acids is 1. The molecule has 1 aromatic heterocycles. The molecule has 5 heteroatoms. The predicted octanol–water partition coefficient (Wildman–Crippen LogP) is 2.23. The molecule has 0 aliphatic heterocycles. The van der Waals surface area contributed by atoms with E-state index in [2.05, 4.69) is 4.98 Å². The van der Waals surface area contributed by atoms with Crippen molar-refractivity contribution in [2.24, 2.45) is 0 Å². The Labute approximate surface area is 102 Å². The van der Waals surface area contributed by atoms with Gasteiger partial charge in [-0.05, 0) is 24.6 Å². The quantitative estimate of drug-likeness (QED) is 0.848. The summed E-state index contributed by atoms with van der Waals surface area (Å²) < 4.78 is 18.0. The Kier molecular flexibility index (Phi) is 3.41. The molecule has 4 nitrogen and oxygen atoms in total. The number of aromatic nitrogens is 1. The minimum absolute atomic E-state index is 0.110. The Morgan fingerprint density at radius 2 is 2.22 bits per heavy atom. The number of rotatable bonds is 3. The largest absolute Gasteiger partial charge is 0.462 e. The van der Waals surface area contributed by atoms with Crippen molar-refractivity contribution in [3.8, 4) is 0 Å². The van der Waals surface area contributed by atoms with E-state index in [1.165, 1.54) is 18.3 Å². The van der Waals surface area contributed by atoms with Crippen LogP contribution in [0.25, 0.3) is 10.9 Å². The predicted molar refractivity (Wildman–Crippen MR) is 65.1 cm³/mol. The van der Waals surface area contributed by atoms with Gasteiger partial charge >= 0.3 is 5.97 Å². The molecule has 1 heterocycles. The van der Waals surface area contributed by atoms with Crippen LogP contribution in [0.5, 0.6) is 0 Å². The standard InChI is InChI=1S/C13H12FNO3/c1-2-5-18-13(17)10-7-15-11-4-3-8(14)6-9(11)12(10)16/h3-4,6-7H,2,5H2,1H3,(H,15,16). The smallest absolute Gasteiger partial charge is 0.343 e. The topological polar surface area (TPSA) is 59.2 Å². The van der Waals surface area contributed by atoms with Gasteiger partial charge in [-0.1, -0.05) is 6.92 Å². The number of nitrogens with one attached hydrogen (secondary N) is 1. The zero-order valence-corrected chi connectivity index (χ0v) is 9.83. The second kappa shape index (κ2) is 5.00. The molecule has 2 aromatic rings. The number of halogens is 1. The van der Waals surface area contributed by atoms with Crippen LogP contribution in [0.15, 0.2) is 29.2 Å². The molecule has 0 aliphatic rings. The van der Waals surface area contributed by atoms with E-state index < -0.39 is 17.2 Å². The number of ether oxygens (including phenoxy) is 1. The van der Waals surface area contributed by atoms with Gasteiger partial charge in [0.1, 0.15) is 11.4 Å². The summed E-state index contributed by atoms with van der Waals surface area (Å²) in [5.41, 5.74) is -0.153. The summed E-state index contributed by atoms with van der Waals surface area (Å²) in [6.45, 7) is 2.10. The summed E-state index contributed by atoms with van der Waals surface area (Å²) in [6, 6.07) is 3.80. The van der Waals surface area contributed by atoms with Crippen molar-refractivity contribution in [2.45, 2.75) is 13.3 Å². The molecule has 0 fully saturated rings. The third-order valence-corrected chi connectivity index (χ3v) is 2.50. The molecule has 0 saturated heterocycles. The fourth-order valence-electron chi connectivity index (χ4n) is 1.61. The van der Waals surface area contributed by atoms with Gasteiger partial charge in [0.05, 0.1) is 6.61 Å². The SMILES string of the molecule is CCCOC(=O)c1c[nH]c2ccc(F)cc2c1=O. The maximum absolute atomic E-state index is 13.1. The average Bonchev–Trinajstić information content (AvgIpc) is 2.37. The highest BCUT2D eigenvalue weighted by Crippen LogP contribution is 2.10. The van der Waals surface area contributed by atoms with Gasteiger partial charge in [0, 0.05) is 17.1 Å². The lowest BCUT2D eigenvalue weighted by Crippen LogP contribution is -2.18. The molecule has 18 heavy (non-hydrogen) atoms. The summed E-state index contributed by atoms with van der Waals surface area (Å²) in [6.07, 6.45) is 1.96. The lowest BCUT2D eigenvalue weighted by atomic mass is 10.1. The number of fused-ring (bicyclic) bond motifs is 1. The van der Waals surface area contributed by atoms with E-state index in [9.17, 15) is 14.0 Å². The summed E-state index contributed by atoms with van der Waals surface area (Å²) in [5.74, 6) is -1.21. The molecular weight excluding hydrogens is 237 g/mol. The fraction of sp³-hybridized carbons (Fsp3) is 0.231. The Bertz CT molecular complexity index is 648. The van der Waals surface area contributed by atoms with Crippen molar-refractivity contribution in [3.05, 3.63) is 46.0 Å². The van der Waals surface area contributed by atoms with Gasteiger partial charge in [0.25, 0.3) is 0 Å².